The number of hydrogen-bond acceptors (Lipinski definition) is 4. The number of carbonyl (C=O) groups is 2. The summed E-state index contributed by atoms with van der Waals surface area (Å²) in [5.74, 6) is 0.0434. The van der Waals surface area contributed by atoms with Crippen molar-refractivity contribution in [2.45, 2.75) is 83.4 Å². The molecule has 1 heterocycles. The van der Waals surface area contributed by atoms with E-state index in [-0.39, 0.29) is 36.1 Å². The van der Waals surface area contributed by atoms with E-state index in [1.807, 2.05) is 13.8 Å². The predicted octanol–water partition coefficient (Wildman–Crippen LogP) is 2.41. The van der Waals surface area contributed by atoms with Gasteiger partial charge in [0.25, 0.3) is 0 Å². The first kappa shape index (κ1) is 19.0. The van der Waals surface area contributed by atoms with Gasteiger partial charge in [-0.15, -0.1) is 0 Å². The van der Waals surface area contributed by atoms with Crippen LogP contribution < -0.4 is 11.1 Å². The third-order valence-corrected chi connectivity index (χ3v) is 5.09. The topological polar surface area (TPSA) is 84.7 Å². The van der Waals surface area contributed by atoms with E-state index in [2.05, 4.69) is 5.32 Å². The Morgan fingerprint density at radius 1 is 1.04 bits per heavy atom. The number of nitrogens with one attached hydrogen (secondary N) is 1. The molecule has 0 aromatic heterocycles. The van der Waals surface area contributed by atoms with Crippen molar-refractivity contribution in [3.63, 3.8) is 0 Å². The fourth-order valence-electron chi connectivity index (χ4n) is 3.63. The van der Waals surface area contributed by atoms with Gasteiger partial charge in [-0.1, -0.05) is 25.7 Å². The smallest absolute Gasteiger partial charge is 0.410 e. The van der Waals surface area contributed by atoms with Crippen molar-refractivity contribution in [1.82, 2.24) is 10.2 Å². The average molecular weight is 339 g/mol. The molecule has 2 aliphatic rings. The van der Waals surface area contributed by atoms with Gasteiger partial charge in [-0.25, -0.2) is 4.79 Å². The zero-order valence-corrected chi connectivity index (χ0v) is 15.1. The summed E-state index contributed by atoms with van der Waals surface area (Å²) in [5.41, 5.74) is 6.23. The standard InChI is InChI=1S/C18H33N3O3/c1-13(2)24-18(23)21-11-9-14(10-12-21)20-17(22)15-7-5-3-4-6-8-16(15)19/h13-16H,3-12,19H2,1-2H3,(H,20,22)/t15-,16+/m1/s1. The van der Waals surface area contributed by atoms with Crippen molar-refractivity contribution in [2.24, 2.45) is 11.7 Å². The highest BCUT2D eigenvalue weighted by molar-refractivity contribution is 5.79. The molecule has 2 amide bonds. The van der Waals surface area contributed by atoms with Crippen LogP contribution in [0.5, 0.6) is 0 Å². The molecule has 1 aliphatic carbocycles. The maximum Gasteiger partial charge on any atom is 0.410 e. The van der Waals surface area contributed by atoms with Gasteiger partial charge in [0.1, 0.15) is 0 Å². The summed E-state index contributed by atoms with van der Waals surface area (Å²) in [5, 5.41) is 3.17. The predicted molar refractivity (Wildman–Crippen MR) is 93.5 cm³/mol. The number of likely N-dealkylation sites (tertiary alicyclic amines) is 1. The first-order chi connectivity index (χ1) is 11.5. The van der Waals surface area contributed by atoms with E-state index in [0.717, 1.165) is 38.5 Å². The lowest BCUT2D eigenvalue weighted by Crippen LogP contribution is -2.50. The number of rotatable bonds is 3. The summed E-state index contributed by atoms with van der Waals surface area (Å²) in [4.78, 5) is 26.2. The van der Waals surface area contributed by atoms with Gasteiger partial charge in [-0.05, 0) is 39.5 Å². The largest absolute Gasteiger partial charge is 0.447 e. The van der Waals surface area contributed by atoms with Crippen molar-refractivity contribution in [3.8, 4) is 0 Å². The minimum Gasteiger partial charge on any atom is -0.447 e. The molecule has 0 aromatic rings. The molecule has 24 heavy (non-hydrogen) atoms. The Morgan fingerprint density at radius 3 is 2.29 bits per heavy atom. The maximum atomic E-state index is 12.6. The molecule has 1 saturated carbocycles. The quantitative estimate of drug-likeness (QED) is 0.827. The van der Waals surface area contributed by atoms with Gasteiger partial charge in [0.05, 0.1) is 12.0 Å². The van der Waals surface area contributed by atoms with Crippen LogP contribution in [0.1, 0.15) is 65.2 Å². The normalized spacial score (nSPS) is 26.6. The zero-order chi connectivity index (χ0) is 17.5. The lowest BCUT2D eigenvalue weighted by Gasteiger charge is -2.33. The summed E-state index contributed by atoms with van der Waals surface area (Å²) in [6.07, 6.45) is 7.69. The second-order valence-electron chi connectivity index (χ2n) is 7.46. The highest BCUT2D eigenvalue weighted by Crippen LogP contribution is 2.22. The highest BCUT2D eigenvalue weighted by Gasteiger charge is 2.30. The summed E-state index contributed by atoms with van der Waals surface area (Å²) in [6, 6.07) is 0.115. The molecular formula is C18H33N3O3. The molecule has 1 aliphatic heterocycles. The Hall–Kier alpha value is -1.30. The fourth-order valence-corrected chi connectivity index (χ4v) is 3.63. The molecule has 0 unspecified atom stereocenters. The summed E-state index contributed by atoms with van der Waals surface area (Å²) < 4.78 is 5.22. The van der Waals surface area contributed by atoms with Crippen LogP contribution in [0.2, 0.25) is 0 Å². The summed E-state index contributed by atoms with van der Waals surface area (Å²) in [7, 11) is 0. The van der Waals surface area contributed by atoms with Crippen molar-refractivity contribution >= 4 is 12.0 Å². The van der Waals surface area contributed by atoms with Gasteiger partial charge in [0.2, 0.25) is 5.91 Å². The van der Waals surface area contributed by atoms with Crippen molar-refractivity contribution in [3.05, 3.63) is 0 Å². The zero-order valence-electron chi connectivity index (χ0n) is 15.1. The van der Waals surface area contributed by atoms with Crippen molar-refractivity contribution in [2.75, 3.05) is 13.1 Å². The Morgan fingerprint density at radius 2 is 1.67 bits per heavy atom. The molecule has 1 saturated heterocycles. The molecular weight excluding hydrogens is 306 g/mol. The first-order valence-corrected chi connectivity index (χ1v) is 9.49. The third-order valence-electron chi connectivity index (χ3n) is 5.09. The molecule has 2 rings (SSSR count). The van der Waals surface area contributed by atoms with Gasteiger partial charge in [0.15, 0.2) is 0 Å². The fraction of sp³-hybridized carbons (Fsp3) is 0.889. The Kier molecular flexibility index (Phi) is 7.34. The van der Waals surface area contributed by atoms with E-state index in [0.29, 0.717) is 13.1 Å². The van der Waals surface area contributed by atoms with Crippen molar-refractivity contribution in [1.29, 1.82) is 0 Å². The number of nitrogens with two attached hydrogens (primary N) is 1. The SMILES string of the molecule is CC(C)OC(=O)N1CCC(NC(=O)[C@@H]2CCCCCC[C@@H]2N)CC1. The van der Waals surface area contributed by atoms with Crippen LogP contribution in [0.3, 0.4) is 0 Å². The molecule has 138 valence electrons. The number of ether oxygens (including phenoxy) is 1. The second-order valence-corrected chi connectivity index (χ2v) is 7.46. The Balaban J connectivity index is 1.78. The average Bonchev–Trinajstić information content (AvgIpc) is 2.51. The second kappa shape index (κ2) is 9.25. The van der Waals surface area contributed by atoms with Crippen LogP contribution in [-0.2, 0) is 9.53 Å². The number of carbonyl (C=O) groups excluding carboxylic acids is 2. The van der Waals surface area contributed by atoms with Crippen LogP contribution in [0.4, 0.5) is 4.79 Å². The summed E-state index contributed by atoms with van der Waals surface area (Å²) >= 11 is 0. The molecule has 6 heteroatoms. The van der Waals surface area contributed by atoms with E-state index in [9.17, 15) is 9.59 Å². The third kappa shape index (κ3) is 5.65. The lowest BCUT2D eigenvalue weighted by molar-refractivity contribution is -0.127. The van der Waals surface area contributed by atoms with Crippen molar-refractivity contribution < 1.29 is 14.3 Å². The minimum atomic E-state index is -0.253. The molecule has 2 fully saturated rings. The molecule has 2 atom stereocenters. The summed E-state index contributed by atoms with van der Waals surface area (Å²) in [6.45, 7) is 4.96. The van der Waals surface area contributed by atoms with Gasteiger partial charge >= 0.3 is 6.09 Å². The number of nitrogens with zero attached hydrogens (tertiary/aromatic N) is 1. The Bertz CT molecular complexity index is 420. The molecule has 0 aromatic carbocycles. The van der Waals surface area contributed by atoms with E-state index >= 15 is 0 Å². The molecule has 0 radical (unpaired) electrons. The van der Waals surface area contributed by atoms with E-state index < -0.39 is 0 Å². The Labute approximate surface area is 145 Å². The molecule has 0 bridgehead atoms. The monoisotopic (exact) mass is 339 g/mol. The van der Waals surface area contributed by atoms with Crippen LogP contribution in [0.25, 0.3) is 0 Å². The number of piperidine rings is 1. The maximum absolute atomic E-state index is 12.6. The minimum absolute atomic E-state index is 0.0218. The van der Waals surface area contributed by atoms with Crippen LogP contribution >= 0.6 is 0 Å². The number of amides is 2. The molecule has 6 nitrogen and oxygen atoms in total. The molecule has 3 N–H and O–H groups in total. The van der Waals surface area contributed by atoms with Crippen LogP contribution in [0.15, 0.2) is 0 Å². The van der Waals surface area contributed by atoms with Gasteiger partial charge < -0.3 is 20.7 Å². The van der Waals surface area contributed by atoms with Crippen LogP contribution in [0, 0.1) is 5.92 Å². The van der Waals surface area contributed by atoms with Gasteiger partial charge in [-0.2, -0.15) is 0 Å². The van der Waals surface area contributed by atoms with E-state index in [1.165, 1.54) is 12.8 Å². The van der Waals surface area contributed by atoms with Crippen LogP contribution in [-0.4, -0.2) is 48.2 Å². The van der Waals surface area contributed by atoms with E-state index in [4.69, 9.17) is 10.5 Å². The highest BCUT2D eigenvalue weighted by atomic mass is 16.6. The van der Waals surface area contributed by atoms with E-state index in [1.54, 1.807) is 4.90 Å². The number of hydrogen-bond donors (Lipinski definition) is 2. The van der Waals surface area contributed by atoms with Gasteiger partial charge in [-0.3, -0.25) is 4.79 Å². The lowest BCUT2D eigenvalue weighted by atomic mass is 9.86. The first-order valence-electron chi connectivity index (χ1n) is 9.49. The molecule has 0 spiro atoms. The van der Waals surface area contributed by atoms with Gasteiger partial charge in [0, 0.05) is 25.2 Å².